The maximum atomic E-state index is 2.36. The van der Waals surface area contributed by atoms with E-state index in [1.54, 1.807) is 0 Å². The predicted molar refractivity (Wildman–Crippen MR) is 61.6 cm³/mol. The lowest BCUT2D eigenvalue weighted by Crippen LogP contribution is -1.93. The van der Waals surface area contributed by atoms with Crippen molar-refractivity contribution in [1.29, 1.82) is 0 Å². The molecule has 0 fully saturated rings. The van der Waals surface area contributed by atoms with Gasteiger partial charge in [-0.2, -0.15) is 0 Å². The third-order valence-corrected chi connectivity index (χ3v) is 4.34. The first-order valence-corrected chi connectivity index (χ1v) is 6.94. The summed E-state index contributed by atoms with van der Waals surface area (Å²) in [7, 11) is 0.104. The highest BCUT2D eigenvalue weighted by atomic mass is 31.1. The quantitative estimate of drug-likeness (QED) is 0.589. The molecule has 1 heteroatoms. The van der Waals surface area contributed by atoms with E-state index in [0.717, 1.165) is 0 Å². The lowest BCUT2D eigenvalue weighted by molar-refractivity contribution is 1.14. The first-order valence-electron chi connectivity index (χ1n) is 4.63. The van der Waals surface area contributed by atoms with Crippen LogP contribution in [0.15, 0.2) is 29.8 Å². The van der Waals surface area contributed by atoms with E-state index in [1.807, 2.05) is 0 Å². The number of rotatable bonds is 1. The molecule has 0 aromatic heterocycles. The molecule has 0 N–H and O–H groups in total. The highest BCUT2D eigenvalue weighted by Gasteiger charge is 2.24. The van der Waals surface area contributed by atoms with Crippen LogP contribution in [0.2, 0.25) is 0 Å². The molecule has 0 aliphatic heterocycles. The van der Waals surface area contributed by atoms with Gasteiger partial charge in [0.25, 0.3) is 0 Å². The van der Waals surface area contributed by atoms with Gasteiger partial charge in [0.2, 0.25) is 0 Å². The Bertz CT molecular complexity index is 350. The summed E-state index contributed by atoms with van der Waals surface area (Å²) in [5, 5.41) is 0. The SMILES string of the molecule is CC1=Cc2ccccc2C1P(C)C. The van der Waals surface area contributed by atoms with Gasteiger partial charge in [0.15, 0.2) is 0 Å². The summed E-state index contributed by atoms with van der Waals surface area (Å²) in [5.74, 6) is 0. The van der Waals surface area contributed by atoms with Crippen LogP contribution in [-0.4, -0.2) is 13.3 Å². The fourth-order valence-corrected chi connectivity index (χ4v) is 3.83. The predicted octanol–water partition coefficient (Wildman–Crippen LogP) is 3.89. The summed E-state index contributed by atoms with van der Waals surface area (Å²) >= 11 is 0. The van der Waals surface area contributed by atoms with E-state index < -0.39 is 0 Å². The second-order valence-electron chi connectivity index (χ2n) is 3.88. The summed E-state index contributed by atoms with van der Waals surface area (Å²) in [5.41, 5.74) is 5.22. The Kier molecular flexibility index (Phi) is 2.26. The molecule has 1 unspecified atom stereocenters. The van der Waals surface area contributed by atoms with Gasteiger partial charge < -0.3 is 0 Å². The first-order chi connectivity index (χ1) is 6.20. The largest absolute Gasteiger partial charge is 0.101 e. The van der Waals surface area contributed by atoms with Crippen LogP contribution in [0.1, 0.15) is 23.7 Å². The molecule has 1 aliphatic rings. The number of allylic oxidation sites excluding steroid dienone is 1. The monoisotopic (exact) mass is 190 g/mol. The van der Waals surface area contributed by atoms with E-state index in [-0.39, 0.29) is 7.92 Å². The van der Waals surface area contributed by atoms with Crippen LogP contribution in [-0.2, 0) is 0 Å². The van der Waals surface area contributed by atoms with Crippen molar-refractivity contribution in [2.24, 2.45) is 0 Å². The molecule has 0 saturated heterocycles. The molecule has 0 bridgehead atoms. The van der Waals surface area contributed by atoms with Gasteiger partial charge in [-0.1, -0.05) is 35.9 Å². The lowest BCUT2D eigenvalue weighted by Gasteiger charge is -2.18. The zero-order valence-electron chi connectivity index (χ0n) is 8.41. The van der Waals surface area contributed by atoms with E-state index in [4.69, 9.17) is 0 Å². The maximum absolute atomic E-state index is 2.36. The van der Waals surface area contributed by atoms with Crippen molar-refractivity contribution >= 4 is 14.0 Å². The van der Waals surface area contributed by atoms with E-state index in [1.165, 1.54) is 16.7 Å². The fourth-order valence-electron chi connectivity index (χ4n) is 2.15. The maximum Gasteiger partial charge on any atom is 0.0251 e. The van der Waals surface area contributed by atoms with Gasteiger partial charge >= 0.3 is 0 Å². The molecule has 0 nitrogen and oxygen atoms in total. The summed E-state index contributed by atoms with van der Waals surface area (Å²) in [6.45, 7) is 6.98. The van der Waals surface area contributed by atoms with Crippen LogP contribution >= 0.6 is 7.92 Å². The highest BCUT2D eigenvalue weighted by molar-refractivity contribution is 7.56. The van der Waals surface area contributed by atoms with Crippen LogP contribution in [0.5, 0.6) is 0 Å². The van der Waals surface area contributed by atoms with Crippen molar-refractivity contribution in [1.82, 2.24) is 0 Å². The summed E-state index contributed by atoms with van der Waals surface area (Å²) < 4.78 is 0. The molecular weight excluding hydrogens is 175 g/mol. The van der Waals surface area contributed by atoms with E-state index in [2.05, 4.69) is 50.6 Å². The Hall–Kier alpha value is -0.610. The summed E-state index contributed by atoms with van der Waals surface area (Å²) in [6.07, 6.45) is 2.34. The molecule has 0 saturated carbocycles. The zero-order valence-corrected chi connectivity index (χ0v) is 9.31. The minimum absolute atomic E-state index is 0.104. The lowest BCUT2D eigenvalue weighted by atomic mass is 10.1. The number of benzene rings is 1. The van der Waals surface area contributed by atoms with Crippen LogP contribution in [0.25, 0.3) is 6.08 Å². The molecule has 1 aromatic rings. The van der Waals surface area contributed by atoms with E-state index >= 15 is 0 Å². The molecule has 13 heavy (non-hydrogen) atoms. The molecule has 0 radical (unpaired) electrons. The molecular formula is C12H15P. The van der Waals surface area contributed by atoms with Crippen LogP contribution in [0.3, 0.4) is 0 Å². The molecule has 2 rings (SSSR count). The first kappa shape index (κ1) is 8.97. The second-order valence-corrected chi connectivity index (χ2v) is 6.33. The molecule has 1 atom stereocenters. The average molecular weight is 190 g/mol. The van der Waals surface area contributed by atoms with Gasteiger partial charge in [-0.05, 0) is 31.4 Å². The van der Waals surface area contributed by atoms with Crippen LogP contribution in [0, 0.1) is 0 Å². The standard InChI is InChI=1S/C12H15P/c1-9-8-10-6-4-5-7-11(10)12(9)13(2)3/h4-8,12H,1-3H3. The third kappa shape index (κ3) is 1.44. The van der Waals surface area contributed by atoms with E-state index in [0.29, 0.717) is 5.66 Å². The molecule has 68 valence electrons. The normalized spacial score (nSPS) is 20.3. The fraction of sp³-hybridized carbons (Fsp3) is 0.333. The number of hydrogen-bond donors (Lipinski definition) is 0. The molecule has 1 aliphatic carbocycles. The van der Waals surface area contributed by atoms with Crippen molar-refractivity contribution in [3.05, 3.63) is 41.0 Å². The summed E-state index contributed by atoms with van der Waals surface area (Å²) in [4.78, 5) is 0. The number of hydrogen-bond acceptors (Lipinski definition) is 0. The van der Waals surface area contributed by atoms with E-state index in [9.17, 15) is 0 Å². The summed E-state index contributed by atoms with van der Waals surface area (Å²) in [6, 6.07) is 8.77. The Morgan fingerprint density at radius 2 is 1.85 bits per heavy atom. The zero-order chi connectivity index (χ0) is 9.42. The smallest absolute Gasteiger partial charge is 0.0251 e. The van der Waals surface area contributed by atoms with Gasteiger partial charge in [0.1, 0.15) is 0 Å². The average Bonchev–Trinajstić information content (AvgIpc) is 2.39. The third-order valence-electron chi connectivity index (χ3n) is 2.62. The second kappa shape index (κ2) is 3.27. The van der Waals surface area contributed by atoms with Crippen LogP contribution in [0.4, 0.5) is 0 Å². The Morgan fingerprint density at radius 3 is 2.54 bits per heavy atom. The van der Waals surface area contributed by atoms with Gasteiger partial charge in [-0.3, -0.25) is 0 Å². The highest BCUT2D eigenvalue weighted by Crippen LogP contribution is 2.53. The minimum atomic E-state index is 0.104. The minimum Gasteiger partial charge on any atom is -0.101 e. The van der Waals surface area contributed by atoms with Crippen molar-refractivity contribution < 1.29 is 0 Å². The number of fused-ring (bicyclic) bond motifs is 1. The van der Waals surface area contributed by atoms with Crippen molar-refractivity contribution in [2.75, 3.05) is 13.3 Å². The Morgan fingerprint density at radius 1 is 1.15 bits per heavy atom. The van der Waals surface area contributed by atoms with Gasteiger partial charge in [-0.25, -0.2) is 0 Å². The molecule has 0 amide bonds. The van der Waals surface area contributed by atoms with Crippen LogP contribution < -0.4 is 0 Å². The topological polar surface area (TPSA) is 0 Å². The van der Waals surface area contributed by atoms with Gasteiger partial charge in [-0.15, -0.1) is 7.92 Å². The van der Waals surface area contributed by atoms with Gasteiger partial charge in [0, 0.05) is 5.66 Å². The van der Waals surface area contributed by atoms with Crippen molar-refractivity contribution in [2.45, 2.75) is 12.6 Å². The molecule has 1 aromatic carbocycles. The van der Waals surface area contributed by atoms with Crippen molar-refractivity contribution in [3.8, 4) is 0 Å². The molecule has 0 spiro atoms. The molecule has 0 heterocycles. The van der Waals surface area contributed by atoms with Crippen molar-refractivity contribution in [3.63, 3.8) is 0 Å². The van der Waals surface area contributed by atoms with Gasteiger partial charge in [0.05, 0.1) is 0 Å². The Balaban J connectivity index is 2.49. The Labute approximate surface area is 81.4 Å².